The summed E-state index contributed by atoms with van der Waals surface area (Å²) in [5.41, 5.74) is 4.78. The minimum atomic E-state index is -0.361. The number of nitrogens with zero attached hydrogens (tertiary/aromatic N) is 1. The second-order valence-electron chi connectivity index (χ2n) is 8.39. The fourth-order valence-corrected chi connectivity index (χ4v) is 5.02. The first-order chi connectivity index (χ1) is 15.5. The quantitative estimate of drug-likeness (QED) is 0.519. The molecule has 3 unspecified atom stereocenters. The molecule has 3 aromatic carbocycles. The van der Waals surface area contributed by atoms with E-state index >= 15 is 0 Å². The van der Waals surface area contributed by atoms with Crippen molar-refractivity contribution in [2.75, 3.05) is 19.0 Å². The first kappa shape index (κ1) is 20.7. The molecule has 3 aromatic rings. The van der Waals surface area contributed by atoms with Crippen molar-refractivity contribution in [1.29, 1.82) is 0 Å². The summed E-state index contributed by atoms with van der Waals surface area (Å²) in [6.45, 7) is 2.73. The lowest BCUT2D eigenvalue weighted by Gasteiger charge is -2.42. The lowest BCUT2D eigenvalue weighted by molar-refractivity contribution is 0.102. The number of fused-ring (bicyclic) bond motifs is 3. The number of hydrogen-bond donors (Lipinski definition) is 1. The van der Waals surface area contributed by atoms with Crippen molar-refractivity contribution in [3.8, 4) is 11.5 Å². The van der Waals surface area contributed by atoms with E-state index in [0.29, 0.717) is 23.2 Å². The summed E-state index contributed by atoms with van der Waals surface area (Å²) >= 11 is 5.97. The molecule has 164 valence electrons. The zero-order valence-corrected chi connectivity index (χ0v) is 18.8. The van der Waals surface area contributed by atoms with Gasteiger partial charge in [-0.25, -0.2) is 4.79 Å². The molecule has 2 heterocycles. The number of nitrogens with one attached hydrogen (secondary N) is 1. The molecule has 1 amide bonds. The molecule has 3 atom stereocenters. The fourth-order valence-electron chi connectivity index (χ4n) is 4.89. The maximum Gasteiger partial charge on any atom is 0.415 e. The molecule has 2 aliphatic heterocycles. The first-order valence-electron chi connectivity index (χ1n) is 10.8. The number of halogens is 1. The normalized spacial score (nSPS) is 21.3. The van der Waals surface area contributed by atoms with Crippen molar-refractivity contribution in [2.24, 2.45) is 0 Å². The highest BCUT2D eigenvalue weighted by Crippen LogP contribution is 2.48. The van der Waals surface area contributed by atoms with Crippen LogP contribution in [0.15, 0.2) is 66.7 Å². The number of carbonyl (C=O) groups excluding carboxylic acids is 1. The molecule has 1 fully saturated rings. The summed E-state index contributed by atoms with van der Waals surface area (Å²) in [6.07, 6.45) is 0.511. The summed E-state index contributed by atoms with van der Waals surface area (Å²) < 4.78 is 11.1. The summed E-state index contributed by atoms with van der Waals surface area (Å²) in [7, 11) is 1.65. The summed E-state index contributed by atoms with van der Waals surface area (Å²) in [4.78, 5) is 15.1. The van der Waals surface area contributed by atoms with Crippen LogP contribution in [0.3, 0.4) is 0 Å². The van der Waals surface area contributed by atoms with Gasteiger partial charge >= 0.3 is 6.09 Å². The lowest BCUT2D eigenvalue weighted by atomic mass is 9.81. The number of carbonyl (C=O) groups is 1. The Morgan fingerprint density at radius 3 is 2.47 bits per heavy atom. The number of ether oxygens (including phenoxy) is 2. The number of benzene rings is 3. The number of anilines is 1. The number of piperidine rings is 1. The smallest absolute Gasteiger partial charge is 0.415 e. The largest absolute Gasteiger partial charge is 0.497 e. The molecule has 32 heavy (non-hydrogen) atoms. The van der Waals surface area contributed by atoms with Crippen LogP contribution in [0.25, 0.3) is 0 Å². The van der Waals surface area contributed by atoms with Gasteiger partial charge in [0.15, 0.2) is 0 Å². The van der Waals surface area contributed by atoms with Crippen LogP contribution in [0.5, 0.6) is 11.5 Å². The average Bonchev–Trinajstić information content (AvgIpc) is 3.18. The van der Waals surface area contributed by atoms with Crippen molar-refractivity contribution in [3.63, 3.8) is 0 Å². The maximum atomic E-state index is 13.3. The van der Waals surface area contributed by atoms with Crippen LogP contribution < -0.4 is 14.8 Å². The van der Waals surface area contributed by atoms with Gasteiger partial charge in [0.2, 0.25) is 0 Å². The summed E-state index contributed by atoms with van der Waals surface area (Å²) in [5.74, 6) is 1.60. The predicted octanol–water partition coefficient (Wildman–Crippen LogP) is 6.18. The van der Waals surface area contributed by atoms with Crippen LogP contribution in [0, 0.1) is 6.92 Å². The van der Waals surface area contributed by atoms with E-state index in [1.165, 1.54) is 11.1 Å². The van der Waals surface area contributed by atoms with E-state index in [1.54, 1.807) is 31.4 Å². The van der Waals surface area contributed by atoms with Crippen LogP contribution in [0.4, 0.5) is 10.5 Å². The Morgan fingerprint density at radius 1 is 1.03 bits per heavy atom. The third kappa shape index (κ3) is 3.78. The number of hydrogen-bond acceptors (Lipinski definition) is 4. The Hall–Kier alpha value is -3.18. The van der Waals surface area contributed by atoms with Crippen molar-refractivity contribution in [2.45, 2.75) is 31.3 Å². The van der Waals surface area contributed by atoms with Gasteiger partial charge in [0, 0.05) is 23.2 Å². The number of methoxy groups -OCH3 is 1. The molecular formula is C26H25ClN2O3. The Kier molecular flexibility index (Phi) is 5.43. The van der Waals surface area contributed by atoms with Crippen molar-refractivity contribution < 1.29 is 14.3 Å². The second kappa shape index (κ2) is 8.40. The van der Waals surface area contributed by atoms with E-state index in [1.807, 2.05) is 29.2 Å². The molecule has 0 saturated carbocycles. The highest BCUT2D eigenvalue weighted by Gasteiger charge is 2.46. The fraction of sp³-hybridized carbons (Fsp3) is 0.269. The number of aryl methyl sites for hydroxylation is 1. The molecular weight excluding hydrogens is 424 g/mol. The maximum absolute atomic E-state index is 13.3. The van der Waals surface area contributed by atoms with Crippen molar-refractivity contribution in [1.82, 2.24) is 4.90 Å². The van der Waals surface area contributed by atoms with Crippen molar-refractivity contribution >= 4 is 23.4 Å². The van der Waals surface area contributed by atoms with Crippen LogP contribution >= 0.6 is 11.6 Å². The highest BCUT2D eigenvalue weighted by molar-refractivity contribution is 6.30. The van der Waals surface area contributed by atoms with Gasteiger partial charge in [0.1, 0.15) is 11.5 Å². The van der Waals surface area contributed by atoms with Crippen LogP contribution in [-0.2, 0) is 0 Å². The van der Waals surface area contributed by atoms with Gasteiger partial charge in [-0.2, -0.15) is 0 Å². The molecule has 1 N–H and O–H groups in total. The van der Waals surface area contributed by atoms with E-state index < -0.39 is 0 Å². The number of amides is 1. The molecule has 6 heteroatoms. The minimum Gasteiger partial charge on any atom is -0.497 e. The van der Waals surface area contributed by atoms with Gasteiger partial charge in [0.05, 0.1) is 19.2 Å². The van der Waals surface area contributed by atoms with Crippen LogP contribution in [-0.4, -0.2) is 30.7 Å². The van der Waals surface area contributed by atoms with Crippen LogP contribution in [0.1, 0.15) is 35.1 Å². The SMILES string of the molecule is COc1ccc(C2C3Nc4ccc(C)cc4C3CCN2C(=O)Oc2ccc(Cl)cc2)cc1. The molecule has 0 aliphatic carbocycles. The van der Waals surface area contributed by atoms with E-state index in [0.717, 1.165) is 23.4 Å². The number of likely N-dealkylation sites (tertiary alicyclic amines) is 1. The average molecular weight is 449 g/mol. The topological polar surface area (TPSA) is 50.8 Å². The zero-order valence-electron chi connectivity index (χ0n) is 18.0. The molecule has 0 spiro atoms. The molecule has 0 radical (unpaired) electrons. The predicted molar refractivity (Wildman–Crippen MR) is 126 cm³/mol. The highest BCUT2D eigenvalue weighted by atomic mass is 35.5. The van der Waals surface area contributed by atoms with E-state index in [-0.39, 0.29) is 18.2 Å². The van der Waals surface area contributed by atoms with Crippen molar-refractivity contribution in [3.05, 3.63) is 88.4 Å². The van der Waals surface area contributed by atoms with Crippen LogP contribution in [0.2, 0.25) is 5.02 Å². The molecule has 5 nitrogen and oxygen atoms in total. The van der Waals surface area contributed by atoms with Gasteiger partial charge in [-0.3, -0.25) is 4.90 Å². The molecule has 0 bridgehead atoms. The van der Waals surface area contributed by atoms with E-state index in [2.05, 4.69) is 30.4 Å². The van der Waals surface area contributed by atoms with Gasteiger partial charge < -0.3 is 14.8 Å². The van der Waals surface area contributed by atoms with Gasteiger partial charge in [-0.1, -0.05) is 41.4 Å². The van der Waals surface area contributed by atoms with Gasteiger partial charge in [-0.15, -0.1) is 0 Å². The first-order valence-corrected chi connectivity index (χ1v) is 11.2. The third-order valence-corrected chi connectivity index (χ3v) is 6.68. The monoisotopic (exact) mass is 448 g/mol. The molecule has 1 saturated heterocycles. The molecule has 2 aliphatic rings. The van der Waals surface area contributed by atoms with E-state index in [4.69, 9.17) is 21.1 Å². The van der Waals surface area contributed by atoms with Gasteiger partial charge in [0.25, 0.3) is 0 Å². The Morgan fingerprint density at radius 2 is 1.75 bits per heavy atom. The standard InChI is InChI=1S/C26H25ClN2O3/c1-16-3-12-23-22(15-16)21-13-14-29(26(30)32-20-10-6-18(27)7-11-20)25(24(21)28-23)17-4-8-19(31-2)9-5-17/h3-12,15,21,24-25,28H,13-14H2,1-2H3. The van der Waals surface area contributed by atoms with E-state index in [9.17, 15) is 4.79 Å². The molecule has 5 rings (SSSR count). The number of rotatable bonds is 3. The Balaban J connectivity index is 1.48. The second-order valence-corrected chi connectivity index (χ2v) is 8.83. The summed E-state index contributed by atoms with van der Waals surface area (Å²) in [6, 6.07) is 21.2. The zero-order chi connectivity index (χ0) is 22.2. The Labute approximate surface area is 192 Å². The Bertz CT molecular complexity index is 1130. The lowest BCUT2D eigenvalue weighted by Crippen LogP contribution is -2.50. The third-order valence-electron chi connectivity index (χ3n) is 6.43. The molecule has 0 aromatic heterocycles. The minimum absolute atomic E-state index is 0.0618. The van der Waals surface area contributed by atoms with Gasteiger partial charge in [-0.05, 0) is 66.9 Å². The summed E-state index contributed by atoms with van der Waals surface area (Å²) in [5, 5.41) is 4.30.